The predicted octanol–water partition coefficient (Wildman–Crippen LogP) is 3.95. The molecule has 2 heterocycles. The van der Waals surface area contributed by atoms with E-state index in [4.69, 9.17) is 11.6 Å². The van der Waals surface area contributed by atoms with Gasteiger partial charge in [-0.1, -0.05) is 11.6 Å². The van der Waals surface area contributed by atoms with Crippen molar-refractivity contribution in [2.75, 3.05) is 0 Å². The van der Waals surface area contributed by atoms with Crippen molar-refractivity contribution in [2.24, 2.45) is 0 Å². The zero-order valence-corrected chi connectivity index (χ0v) is 11.4. The maximum absolute atomic E-state index is 13.9. The van der Waals surface area contributed by atoms with Gasteiger partial charge in [0.2, 0.25) is 0 Å². The number of rotatable bonds is 2. The molecule has 0 saturated heterocycles. The molecule has 0 fully saturated rings. The van der Waals surface area contributed by atoms with Crippen molar-refractivity contribution in [1.29, 1.82) is 0 Å². The van der Waals surface area contributed by atoms with Crippen LogP contribution in [0, 0.1) is 12.7 Å². The van der Waals surface area contributed by atoms with Crippen molar-refractivity contribution in [2.45, 2.75) is 20.4 Å². The molecule has 3 aromatic rings. The third kappa shape index (κ3) is 1.92. The number of nitrogens with zero attached hydrogens (tertiary/aromatic N) is 3. The Morgan fingerprint density at radius 3 is 2.79 bits per heavy atom. The molecule has 0 amide bonds. The van der Waals surface area contributed by atoms with Crippen LogP contribution in [0.3, 0.4) is 0 Å². The summed E-state index contributed by atoms with van der Waals surface area (Å²) in [6.45, 7) is 4.76. The second kappa shape index (κ2) is 4.38. The normalized spacial score (nSPS) is 11.4. The predicted molar refractivity (Wildman–Crippen MR) is 74.4 cm³/mol. The smallest absolute Gasteiger partial charge is 0.134 e. The van der Waals surface area contributed by atoms with E-state index in [-0.39, 0.29) is 5.82 Å². The van der Waals surface area contributed by atoms with E-state index in [1.807, 2.05) is 35.4 Å². The van der Waals surface area contributed by atoms with Gasteiger partial charge in [0.05, 0.1) is 17.4 Å². The average Bonchev–Trinajstić information content (AvgIpc) is 2.93. The first-order valence-corrected chi connectivity index (χ1v) is 6.48. The Labute approximate surface area is 115 Å². The molecule has 0 unspecified atom stereocenters. The first-order chi connectivity index (χ1) is 9.10. The Morgan fingerprint density at radius 2 is 2.11 bits per heavy atom. The lowest BCUT2D eigenvalue weighted by molar-refractivity contribution is 0.640. The maximum atomic E-state index is 13.9. The summed E-state index contributed by atoms with van der Waals surface area (Å²) in [5.41, 5.74) is 2.63. The number of benzene rings is 1. The monoisotopic (exact) mass is 277 g/mol. The molecule has 0 bridgehead atoms. The van der Waals surface area contributed by atoms with Crippen LogP contribution >= 0.6 is 11.6 Å². The van der Waals surface area contributed by atoms with E-state index in [1.165, 1.54) is 6.07 Å². The van der Waals surface area contributed by atoms with Gasteiger partial charge in [-0.3, -0.25) is 4.68 Å². The van der Waals surface area contributed by atoms with Crippen LogP contribution in [0.25, 0.3) is 16.6 Å². The highest BCUT2D eigenvalue weighted by atomic mass is 35.5. The molecule has 0 aliphatic rings. The summed E-state index contributed by atoms with van der Waals surface area (Å²) in [6.07, 6.45) is 3.71. The Kier molecular flexibility index (Phi) is 2.82. The molecule has 0 spiro atoms. The van der Waals surface area contributed by atoms with Gasteiger partial charge in [0.15, 0.2) is 0 Å². The molecule has 0 aliphatic heterocycles. The number of aryl methyl sites for hydroxylation is 2. The van der Waals surface area contributed by atoms with Gasteiger partial charge in [-0.25, -0.2) is 4.39 Å². The molecule has 2 aromatic heterocycles. The highest BCUT2D eigenvalue weighted by Crippen LogP contribution is 2.28. The number of halogens is 2. The zero-order chi connectivity index (χ0) is 13.6. The van der Waals surface area contributed by atoms with Crippen molar-refractivity contribution in [1.82, 2.24) is 14.3 Å². The van der Waals surface area contributed by atoms with Gasteiger partial charge in [-0.15, -0.1) is 0 Å². The van der Waals surface area contributed by atoms with Crippen LogP contribution < -0.4 is 0 Å². The van der Waals surface area contributed by atoms with E-state index in [9.17, 15) is 4.39 Å². The first-order valence-electron chi connectivity index (χ1n) is 6.10. The minimum absolute atomic E-state index is 0.299. The van der Waals surface area contributed by atoms with Crippen molar-refractivity contribution < 1.29 is 4.39 Å². The summed E-state index contributed by atoms with van der Waals surface area (Å²) >= 11 is 5.95. The fourth-order valence-electron chi connectivity index (χ4n) is 2.35. The maximum Gasteiger partial charge on any atom is 0.134 e. The fraction of sp³-hybridized carbons (Fsp3) is 0.214. The molecule has 98 valence electrons. The topological polar surface area (TPSA) is 22.8 Å². The Morgan fingerprint density at radius 1 is 1.32 bits per heavy atom. The van der Waals surface area contributed by atoms with Crippen LogP contribution in [0.5, 0.6) is 0 Å². The summed E-state index contributed by atoms with van der Waals surface area (Å²) in [7, 11) is 0. The van der Waals surface area contributed by atoms with Gasteiger partial charge in [-0.05, 0) is 32.0 Å². The quantitative estimate of drug-likeness (QED) is 0.695. The number of hydrogen-bond donors (Lipinski definition) is 0. The highest BCUT2D eigenvalue weighted by Gasteiger charge is 2.13. The Balaban J connectivity index is 2.31. The summed E-state index contributed by atoms with van der Waals surface area (Å²) in [4.78, 5) is 0. The van der Waals surface area contributed by atoms with E-state index in [0.29, 0.717) is 10.4 Å². The number of hydrogen-bond acceptors (Lipinski definition) is 1. The van der Waals surface area contributed by atoms with Crippen molar-refractivity contribution >= 4 is 22.5 Å². The second-order valence-corrected chi connectivity index (χ2v) is 4.93. The van der Waals surface area contributed by atoms with Crippen LogP contribution in [0.15, 0.2) is 30.6 Å². The molecule has 3 nitrogen and oxygen atoms in total. The molecule has 5 heteroatoms. The van der Waals surface area contributed by atoms with Gasteiger partial charge in [0.1, 0.15) is 5.82 Å². The molecule has 0 N–H and O–H groups in total. The molecule has 3 rings (SSSR count). The van der Waals surface area contributed by atoms with Crippen LogP contribution in [-0.2, 0) is 6.54 Å². The molecule has 1 aromatic carbocycles. The molecule has 0 aliphatic carbocycles. The van der Waals surface area contributed by atoms with Crippen LogP contribution in [0.2, 0.25) is 5.02 Å². The van der Waals surface area contributed by atoms with E-state index >= 15 is 0 Å². The summed E-state index contributed by atoms with van der Waals surface area (Å²) in [5, 5.41) is 5.22. The van der Waals surface area contributed by atoms with Gasteiger partial charge in [0.25, 0.3) is 0 Å². The third-order valence-electron chi connectivity index (χ3n) is 3.22. The Bertz CT molecular complexity index is 757. The summed E-state index contributed by atoms with van der Waals surface area (Å²) < 4.78 is 17.7. The van der Waals surface area contributed by atoms with Crippen molar-refractivity contribution in [3.05, 3.63) is 47.1 Å². The van der Waals surface area contributed by atoms with E-state index in [1.54, 1.807) is 12.3 Å². The molecule has 0 atom stereocenters. The molecular weight excluding hydrogens is 265 g/mol. The van der Waals surface area contributed by atoms with Gasteiger partial charge >= 0.3 is 0 Å². The lowest BCUT2D eigenvalue weighted by atomic mass is 10.2. The second-order valence-electron chi connectivity index (χ2n) is 4.50. The molecule has 0 radical (unpaired) electrons. The van der Waals surface area contributed by atoms with Crippen molar-refractivity contribution in [3.63, 3.8) is 0 Å². The van der Waals surface area contributed by atoms with Crippen LogP contribution in [0.4, 0.5) is 4.39 Å². The number of fused-ring (bicyclic) bond motifs is 1. The minimum atomic E-state index is -0.299. The first kappa shape index (κ1) is 12.2. The Hall–Kier alpha value is -1.81. The minimum Gasteiger partial charge on any atom is -0.311 e. The summed E-state index contributed by atoms with van der Waals surface area (Å²) in [6, 6.07) is 4.93. The standard InChI is InChI=1S/C14H13ClFN3/c1-3-18-8-11(7-17-18)19-9(2)4-12-13(16)5-10(15)6-14(12)19/h4-8H,3H2,1-2H3. The van der Waals surface area contributed by atoms with E-state index in [0.717, 1.165) is 23.4 Å². The summed E-state index contributed by atoms with van der Waals surface area (Å²) in [5.74, 6) is -0.299. The third-order valence-corrected chi connectivity index (χ3v) is 3.44. The zero-order valence-electron chi connectivity index (χ0n) is 10.7. The van der Waals surface area contributed by atoms with Crippen LogP contribution in [0.1, 0.15) is 12.6 Å². The fourth-order valence-corrected chi connectivity index (χ4v) is 2.55. The molecular formula is C14H13ClFN3. The lowest BCUT2D eigenvalue weighted by Gasteiger charge is -2.05. The molecule has 0 saturated carbocycles. The van der Waals surface area contributed by atoms with Crippen LogP contribution in [-0.4, -0.2) is 14.3 Å². The largest absolute Gasteiger partial charge is 0.311 e. The van der Waals surface area contributed by atoms with Gasteiger partial charge in [-0.2, -0.15) is 5.10 Å². The average molecular weight is 278 g/mol. The SMILES string of the molecule is CCn1cc(-n2c(C)cc3c(F)cc(Cl)cc32)cn1. The lowest BCUT2D eigenvalue weighted by Crippen LogP contribution is -1.96. The van der Waals surface area contributed by atoms with Crippen molar-refractivity contribution in [3.8, 4) is 5.69 Å². The highest BCUT2D eigenvalue weighted by molar-refractivity contribution is 6.31. The van der Waals surface area contributed by atoms with E-state index < -0.39 is 0 Å². The van der Waals surface area contributed by atoms with Gasteiger partial charge < -0.3 is 4.57 Å². The van der Waals surface area contributed by atoms with Gasteiger partial charge in [0, 0.05) is 28.8 Å². The molecule has 19 heavy (non-hydrogen) atoms. The van der Waals surface area contributed by atoms with E-state index in [2.05, 4.69) is 5.10 Å². The number of aromatic nitrogens is 3.